The summed E-state index contributed by atoms with van der Waals surface area (Å²) in [6.07, 6.45) is 0.131. The minimum absolute atomic E-state index is 0.131. The standard InChI is InChI=1S/C11H11NO3/c13-10-6-9(11(14)15-10)12-7-8-4-2-1-3-5-8/h1-5,9,12H,6-7H2/t9-/m0/s1. The molecule has 0 saturated carbocycles. The fourth-order valence-corrected chi connectivity index (χ4v) is 1.47. The van der Waals surface area contributed by atoms with Crippen LogP contribution in [-0.2, 0) is 20.9 Å². The molecule has 1 saturated heterocycles. The van der Waals surface area contributed by atoms with Crippen LogP contribution >= 0.6 is 0 Å². The maximum Gasteiger partial charge on any atom is 0.331 e. The molecule has 0 aliphatic carbocycles. The first-order valence-corrected chi connectivity index (χ1v) is 4.77. The van der Waals surface area contributed by atoms with Crippen LogP contribution < -0.4 is 5.32 Å². The SMILES string of the molecule is O=C1C[C@H](NCc2ccccc2)C(=O)O1. The van der Waals surface area contributed by atoms with E-state index in [9.17, 15) is 9.59 Å². The van der Waals surface area contributed by atoms with Gasteiger partial charge in [0.25, 0.3) is 0 Å². The van der Waals surface area contributed by atoms with Crippen molar-refractivity contribution in [3.8, 4) is 0 Å². The quantitative estimate of drug-likeness (QED) is 0.580. The highest BCUT2D eigenvalue weighted by molar-refractivity contribution is 5.96. The van der Waals surface area contributed by atoms with E-state index < -0.39 is 18.0 Å². The summed E-state index contributed by atoms with van der Waals surface area (Å²) in [7, 11) is 0. The second-order valence-corrected chi connectivity index (χ2v) is 3.42. The van der Waals surface area contributed by atoms with Crippen LogP contribution in [0, 0.1) is 0 Å². The number of rotatable bonds is 3. The Balaban J connectivity index is 1.89. The van der Waals surface area contributed by atoms with E-state index in [2.05, 4.69) is 10.1 Å². The van der Waals surface area contributed by atoms with Gasteiger partial charge in [-0.05, 0) is 5.56 Å². The fourth-order valence-electron chi connectivity index (χ4n) is 1.47. The number of ether oxygens (including phenoxy) is 1. The van der Waals surface area contributed by atoms with Crippen molar-refractivity contribution in [2.24, 2.45) is 0 Å². The first kappa shape index (κ1) is 9.86. The van der Waals surface area contributed by atoms with E-state index in [-0.39, 0.29) is 6.42 Å². The molecule has 15 heavy (non-hydrogen) atoms. The Labute approximate surface area is 87.2 Å². The zero-order valence-electron chi connectivity index (χ0n) is 8.10. The van der Waals surface area contributed by atoms with E-state index in [0.717, 1.165) is 5.56 Å². The van der Waals surface area contributed by atoms with Crippen LogP contribution in [0.4, 0.5) is 0 Å². The van der Waals surface area contributed by atoms with Gasteiger partial charge in [-0.25, -0.2) is 4.79 Å². The maximum absolute atomic E-state index is 11.1. The third kappa shape index (κ3) is 2.41. The summed E-state index contributed by atoms with van der Waals surface area (Å²) in [5, 5.41) is 2.98. The molecule has 1 aromatic rings. The number of hydrogen-bond acceptors (Lipinski definition) is 4. The monoisotopic (exact) mass is 205 g/mol. The Morgan fingerprint density at radius 3 is 2.60 bits per heavy atom. The normalized spacial score (nSPS) is 20.4. The highest BCUT2D eigenvalue weighted by atomic mass is 16.6. The van der Waals surface area contributed by atoms with Crippen molar-refractivity contribution in [1.29, 1.82) is 0 Å². The van der Waals surface area contributed by atoms with Crippen molar-refractivity contribution >= 4 is 11.9 Å². The van der Waals surface area contributed by atoms with Crippen LogP contribution in [0.25, 0.3) is 0 Å². The molecule has 1 aliphatic rings. The predicted octanol–water partition coefficient (Wildman–Crippen LogP) is 0.618. The van der Waals surface area contributed by atoms with Crippen molar-refractivity contribution in [2.45, 2.75) is 19.0 Å². The fraction of sp³-hybridized carbons (Fsp3) is 0.273. The van der Waals surface area contributed by atoms with Gasteiger partial charge in [0.15, 0.2) is 0 Å². The molecule has 1 fully saturated rings. The summed E-state index contributed by atoms with van der Waals surface area (Å²) in [5.41, 5.74) is 1.07. The van der Waals surface area contributed by atoms with Gasteiger partial charge in [-0.2, -0.15) is 0 Å². The topological polar surface area (TPSA) is 55.4 Å². The number of nitrogens with one attached hydrogen (secondary N) is 1. The van der Waals surface area contributed by atoms with Gasteiger partial charge in [-0.1, -0.05) is 30.3 Å². The molecule has 0 radical (unpaired) electrons. The summed E-state index contributed by atoms with van der Waals surface area (Å²) < 4.78 is 4.42. The molecular formula is C11H11NO3. The molecule has 4 heteroatoms. The summed E-state index contributed by atoms with van der Waals surface area (Å²) in [5.74, 6) is -0.929. The Morgan fingerprint density at radius 1 is 1.27 bits per heavy atom. The largest absolute Gasteiger partial charge is 0.392 e. The van der Waals surface area contributed by atoms with E-state index in [4.69, 9.17) is 0 Å². The van der Waals surface area contributed by atoms with Crippen molar-refractivity contribution in [3.63, 3.8) is 0 Å². The van der Waals surface area contributed by atoms with Gasteiger partial charge in [0.2, 0.25) is 0 Å². The predicted molar refractivity (Wildman–Crippen MR) is 52.8 cm³/mol. The maximum atomic E-state index is 11.1. The first-order valence-electron chi connectivity index (χ1n) is 4.77. The van der Waals surface area contributed by atoms with E-state index >= 15 is 0 Å². The summed E-state index contributed by atoms with van der Waals surface area (Å²) in [4.78, 5) is 21.9. The van der Waals surface area contributed by atoms with Gasteiger partial charge in [0.05, 0.1) is 6.42 Å². The Kier molecular flexibility index (Phi) is 2.78. The van der Waals surface area contributed by atoms with Crippen molar-refractivity contribution < 1.29 is 14.3 Å². The number of carbonyl (C=O) groups is 2. The minimum Gasteiger partial charge on any atom is -0.392 e. The molecule has 1 aliphatic heterocycles. The molecule has 1 N–H and O–H groups in total. The van der Waals surface area contributed by atoms with Crippen LogP contribution in [0.1, 0.15) is 12.0 Å². The molecule has 0 amide bonds. The third-order valence-electron chi connectivity index (χ3n) is 2.27. The highest BCUT2D eigenvalue weighted by Crippen LogP contribution is 2.08. The molecule has 1 atom stereocenters. The Morgan fingerprint density at radius 2 is 2.00 bits per heavy atom. The van der Waals surface area contributed by atoms with Gasteiger partial charge in [0, 0.05) is 6.54 Å². The second-order valence-electron chi connectivity index (χ2n) is 3.42. The van der Waals surface area contributed by atoms with Crippen molar-refractivity contribution in [3.05, 3.63) is 35.9 Å². The molecule has 0 unspecified atom stereocenters. The Hall–Kier alpha value is -1.68. The number of hydrogen-bond donors (Lipinski definition) is 1. The zero-order chi connectivity index (χ0) is 10.7. The van der Waals surface area contributed by atoms with E-state index in [1.54, 1.807) is 0 Å². The molecule has 0 spiro atoms. The molecule has 78 valence electrons. The lowest BCUT2D eigenvalue weighted by Gasteiger charge is -2.07. The van der Waals surface area contributed by atoms with Crippen molar-refractivity contribution in [2.75, 3.05) is 0 Å². The molecule has 1 heterocycles. The number of esters is 2. The lowest BCUT2D eigenvalue weighted by molar-refractivity contribution is -0.152. The smallest absolute Gasteiger partial charge is 0.331 e. The highest BCUT2D eigenvalue weighted by Gasteiger charge is 2.32. The van der Waals surface area contributed by atoms with Gasteiger partial charge in [-0.3, -0.25) is 10.1 Å². The van der Waals surface area contributed by atoms with E-state index in [0.29, 0.717) is 6.54 Å². The zero-order valence-corrected chi connectivity index (χ0v) is 8.10. The third-order valence-corrected chi connectivity index (χ3v) is 2.27. The van der Waals surface area contributed by atoms with Gasteiger partial charge >= 0.3 is 11.9 Å². The summed E-state index contributed by atoms with van der Waals surface area (Å²) in [6.45, 7) is 0.563. The van der Waals surface area contributed by atoms with Crippen LogP contribution in [0.5, 0.6) is 0 Å². The van der Waals surface area contributed by atoms with Crippen molar-refractivity contribution in [1.82, 2.24) is 5.32 Å². The lowest BCUT2D eigenvalue weighted by atomic mass is 10.2. The molecular weight excluding hydrogens is 194 g/mol. The number of carbonyl (C=O) groups excluding carboxylic acids is 2. The Bertz CT molecular complexity index is 375. The average Bonchev–Trinajstić information content (AvgIpc) is 2.56. The molecule has 0 aromatic heterocycles. The molecule has 1 aromatic carbocycles. The molecule has 0 bridgehead atoms. The van der Waals surface area contributed by atoms with Crippen LogP contribution in [0.3, 0.4) is 0 Å². The van der Waals surface area contributed by atoms with Crippen LogP contribution in [0.15, 0.2) is 30.3 Å². The first-order chi connectivity index (χ1) is 7.25. The summed E-state index contributed by atoms with van der Waals surface area (Å²) in [6, 6.07) is 9.20. The molecule has 2 rings (SSSR count). The van der Waals surface area contributed by atoms with Gasteiger partial charge in [-0.15, -0.1) is 0 Å². The van der Waals surface area contributed by atoms with Gasteiger partial charge in [0.1, 0.15) is 6.04 Å². The van der Waals surface area contributed by atoms with Crippen LogP contribution in [0.2, 0.25) is 0 Å². The number of benzene rings is 1. The number of cyclic esters (lactones) is 2. The summed E-state index contributed by atoms with van der Waals surface area (Å²) >= 11 is 0. The average molecular weight is 205 g/mol. The van der Waals surface area contributed by atoms with E-state index in [1.165, 1.54) is 0 Å². The van der Waals surface area contributed by atoms with Gasteiger partial charge < -0.3 is 4.74 Å². The molecule has 4 nitrogen and oxygen atoms in total. The van der Waals surface area contributed by atoms with Crippen LogP contribution in [-0.4, -0.2) is 18.0 Å². The second kappa shape index (κ2) is 4.23. The minimum atomic E-state index is -0.488. The lowest BCUT2D eigenvalue weighted by Crippen LogP contribution is -2.32. The van der Waals surface area contributed by atoms with E-state index in [1.807, 2.05) is 30.3 Å².